The molecule has 206 valence electrons. The van der Waals surface area contributed by atoms with Gasteiger partial charge in [0.05, 0.1) is 20.8 Å². The smallest absolute Gasteiger partial charge is 0.324 e. The zero-order valence-electron chi connectivity index (χ0n) is 23.5. The van der Waals surface area contributed by atoms with E-state index >= 15 is 0 Å². The molecule has 2 aliphatic heterocycles. The predicted octanol–water partition coefficient (Wildman–Crippen LogP) is 5.94. The molecular weight excluding hydrogens is 494 g/mol. The number of likely N-dealkylation sites (N-methyl/N-ethyl adjacent to an activating group) is 1. The Hall–Kier alpha value is -3.94. The van der Waals surface area contributed by atoms with Gasteiger partial charge in [0.1, 0.15) is 17.1 Å². The second-order valence-electron chi connectivity index (χ2n) is 10.2. The molecule has 0 aliphatic carbocycles. The van der Waals surface area contributed by atoms with Gasteiger partial charge in [-0.2, -0.15) is 0 Å². The van der Waals surface area contributed by atoms with Crippen LogP contribution in [-0.2, 0) is 6.54 Å². The molecule has 0 spiro atoms. The minimum Gasteiger partial charge on any atom is -0.497 e. The molecule has 0 unspecified atom stereocenters. The predicted molar refractivity (Wildman–Crippen MR) is 150 cm³/mol. The third-order valence-electron chi connectivity index (χ3n) is 7.94. The average molecular weight is 532 g/mol. The molecule has 2 aliphatic rings. The molecule has 0 radical (unpaired) electrons. The number of carbonyl (C=O) groups excluding carboxylic acids is 2. The van der Waals surface area contributed by atoms with Crippen LogP contribution in [0.3, 0.4) is 0 Å². The minimum atomic E-state index is -0.128. The number of aryl methyl sites for hydroxylation is 1. The lowest BCUT2D eigenvalue weighted by Gasteiger charge is -2.35. The molecule has 1 atom stereocenters. The third kappa shape index (κ3) is 4.95. The van der Waals surface area contributed by atoms with Gasteiger partial charge >= 0.3 is 6.03 Å². The van der Waals surface area contributed by atoms with Gasteiger partial charge in [0.15, 0.2) is 5.76 Å². The van der Waals surface area contributed by atoms with Crippen LogP contribution in [0.4, 0.5) is 4.79 Å². The van der Waals surface area contributed by atoms with Gasteiger partial charge in [-0.3, -0.25) is 9.69 Å². The van der Waals surface area contributed by atoms with Crippen LogP contribution in [0, 0.1) is 6.92 Å². The fourth-order valence-electron chi connectivity index (χ4n) is 5.82. The summed E-state index contributed by atoms with van der Waals surface area (Å²) in [6.45, 7) is 8.47. The number of furan rings is 1. The first-order valence-electron chi connectivity index (χ1n) is 13.7. The summed E-state index contributed by atoms with van der Waals surface area (Å²) in [6.07, 6.45) is 3.57. The Morgan fingerprint density at radius 2 is 1.90 bits per heavy atom. The lowest BCUT2D eigenvalue weighted by atomic mass is 9.94. The topological polar surface area (TPSA) is 75.5 Å². The molecule has 3 amide bonds. The number of amides is 3. The molecule has 0 saturated carbocycles. The van der Waals surface area contributed by atoms with Gasteiger partial charge in [0.2, 0.25) is 0 Å². The Morgan fingerprint density at radius 1 is 1.10 bits per heavy atom. The van der Waals surface area contributed by atoms with E-state index in [0.29, 0.717) is 56.2 Å². The van der Waals surface area contributed by atoms with Gasteiger partial charge in [0.25, 0.3) is 5.91 Å². The fraction of sp³-hybridized carbons (Fsp3) is 0.419. The first-order valence-corrected chi connectivity index (χ1v) is 13.7. The zero-order valence-corrected chi connectivity index (χ0v) is 23.5. The quantitative estimate of drug-likeness (QED) is 0.417. The molecule has 1 fully saturated rings. The summed E-state index contributed by atoms with van der Waals surface area (Å²) in [6, 6.07) is 11.6. The lowest BCUT2D eigenvalue weighted by Crippen LogP contribution is -2.47. The van der Waals surface area contributed by atoms with Crippen LogP contribution in [0.5, 0.6) is 11.5 Å². The number of rotatable bonds is 4. The van der Waals surface area contributed by atoms with Crippen LogP contribution in [0.25, 0.3) is 11.0 Å². The minimum absolute atomic E-state index is 0.0441. The van der Waals surface area contributed by atoms with Gasteiger partial charge in [-0.25, -0.2) is 4.79 Å². The lowest BCUT2D eigenvalue weighted by molar-refractivity contribution is 0.0696. The van der Waals surface area contributed by atoms with Crippen molar-refractivity contribution >= 4 is 22.9 Å². The molecule has 8 nitrogen and oxygen atoms in total. The Kier molecular flexibility index (Phi) is 7.55. The van der Waals surface area contributed by atoms with Crippen molar-refractivity contribution in [1.29, 1.82) is 0 Å². The maximum Gasteiger partial charge on any atom is 0.324 e. The number of methoxy groups -OCH3 is 2. The summed E-state index contributed by atoms with van der Waals surface area (Å²) in [5.74, 6) is 1.76. The Labute approximate surface area is 229 Å². The first kappa shape index (κ1) is 26.7. The van der Waals surface area contributed by atoms with E-state index in [4.69, 9.17) is 13.9 Å². The molecule has 0 N–H and O–H groups in total. The number of benzene rings is 2. The van der Waals surface area contributed by atoms with E-state index in [-0.39, 0.29) is 17.9 Å². The summed E-state index contributed by atoms with van der Waals surface area (Å²) < 4.78 is 17.3. The molecule has 1 saturated heterocycles. The first-order chi connectivity index (χ1) is 18.9. The van der Waals surface area contributed by atoms with Crippen molar-refractivity contribution < 1.29 is 23.5 Å². The number of allylic oxidation sites excluding steroid dienone is 2. The maximum atomic E-state index is 14.0. The number of ether oxygens (including phenoxy) is 2. The van der Waals surface area contributed by atoms with E-state index in [1.165, 1.54) is 0 Å². The molecule has 39 heavy (non-hydrogen) atoms. The molecule has 0 bridgehead atoms. The van der Waals surface area contributed by atoms with E-state index < -0.39 is 0 Å². The van der Waals surface area contributed by atoms with Crippen molar-refractivity contribution in [2.75, 3.05) is 40.4 Å². The number of carbonyl (C=O) groups is 2. The fourth-order valence-corrected chi connectivity index (χ4v) is 5.82. The van der Waals surface area contributed by atoms with Crippen LogP contribution in [0.2, 0.25) is 0 Å². The maximum absolute atomic E-state index is 14.0. The van der Waals surface area contributed by atoms with Crippen LogP contribution in [0.1, 0.15) is 59.9 Å². The van der Waals surface area contributed by atoms with Gasteiger partial charge in [-0.1, -0.05) is 31.2 Å². The Balaban J connectivity index is 1.46. The van der Waals surface area contributed by atoms with Gasteiger partial charge in [-0.05, 0) is 44.4 Å². The summed E-state index contributed by atoms with van der Waals surface area (Å²) >= 11 is 0. The number of hydrogen-bond donors (Lipinski definition) is 0. The highest BCUT2D eigenvalue weighted by atomic mass is 16.5. The van der Waals surface area contributed by atoms with Crippen molar-refractivity contribution in [3.05, 3.63) is 70.6 Å². The Morgan fingerprint density at radius 3 is 2.62 bits per heavy atom. The van der Waals surface area contributed by atoms with Crippen LogP contribution < -0.4 is 9.47 Å². The highest BCUT2D eigenvalue weighted by Gasteiger charge is 2.32. The number of nitrogens with zero attached hydrogens (tertiary/aromatic N) is 3. The Bertz CT molecular complexity index is 1430. The standard InChI is InChI=1S/C31H37N3O5/c1-6-32-14-15-33(30(35)29-21(3)25-11-7-8-12-26(25)39-29)13-9-10-23-16-20(2)28-22(19-34(23)31(32)36)17-24(37-4)18-27(28)38-5/h7-8,11-12,16-18,20H,6,9-10,13-15,19H2,1-5H3/t20-/m0/s1. The van der Waals surface area contributed by atoms with E-state index in [1.807, 2.05) is 64.9 Å². The highest BCUT2D eigenvalue weighted by molar-refractivity contribution is 5.99. The van der Waals surface area contributed by atoms with Crippen molar-refractivity contribution in [3.8, 4) is 11.5 Å². The van der Waals surface area contributed by atoms with E-state index in [9.17, 15) is 9.59 Å². The van der Waals surface area contributed by atoms with E-state index in [2.05, 4.69) is 13.0 Å². The summed E-state index contributed by atoms with van der Waals surface area (Å²) in [7, 11) is 3.30. The molecule has 2 aromatic carbocycles. The summed E-state index contributed by atoms with van der Waals surface area (Å²) in [5.41, 5.74) is 4.62. The average Bonchev–Trinajstić information content (AvgIpc) is 3.21. The van der Waals surface area contributed by atoms with Gasteiger partial charge < -0.3 is 23.7 Å². The summed E-state index contributed by atoms with van der Waals surface area (Å²) in [4.78, 5) is 33.2. The molecular formula is C31H37N3O5. The molecule has 8 heteroatoms. The molecule has 1 aromatic heterocycles. The number of fused-ring (bicyclic) bond motifs is 3. The highest BCUT2D eigenvalue weighted by Crippen LogP contribution is 2.40. The van der Waals surface area contributed by atoms with Crippen molar-refractivity contribution in [3.63, 3.8) is 0 Å². The van der Waals surface area contributed by atoms with Gasteiger partial charge in [0, 0.05) is 60.4 Å². The van der Waals surface area contributed by atoms with E-state index in [1.54, 1.807) is 14.2 Å². The summed E-state index contributed by atoms with van der Waals surface area (Å²) in [5, 5.41) is 0.951. The molecule has 3 heterocycles. The second kappa shape index (κ2) is 11.0. The van der Waals surface area contributed by atoms with Crippen LogP contribution >= 0.6 is 0 Å². The monoisotopic (exact) mass is 531 g/mol. The largest absolute Gasteiger partial charge is 0.497 e. The van der Waals surface area contributed by atoms with Crippen LogP contribution in [0.15, 0.2) is 52.6 Å². The van der Waals surface area contributed by atoms with Crippen LogP contribution in [-0.4, -0.2) is 67.0 Å². The van der Waals surface area contributed by atoms with Crippen molar-refractivity contribution in [1.82, 2.24) is 14.7 Å². The SMILES string of the molecule is CCN1CCN(C(=O)c2oc3ccccc3c2C)CCCC2=C[C@H](C)c3c(cc(OC)cc3OC)CN2C1=O. The van der Waals surface area contributed by atoms with E-state index in [0.717, 1.165) is 39.9 Å². The number of para-hydroxylation sites is 1. The van der Waals surface area contributed by atoms with Crippen molar-refractivity contribution in [2.24, 2.45) is 0 Å². The molecule has 3 aromatic rings. The number of urea groups is 1. The normalized spacial score (nSPS) is 18.3. The van der Waals surface area contributed by atoms with Gasteiger partial charge in [-0.15, -0.1) is 0 Å². The molecule has 5 rings (SSSR count). The van der Waals surface area contributed by atoms with Crippen molar-refractivity contribution in [2.45, 2.75) is 46.1 Å². The third-order valence-corrected chi connectivity index (χ3v) is 7.94. The zero-order chi connectivity index (χ0) is 27.7. The number of hydrogen-bond acceptors (Lipinski definition) is 5. The second-order valence-corrected chi connectivity index (χ2v) is 10.2.